The third-order valence-electron chi connectivity index (χ3n) is 5.62. The Morgan fingerprint density at radius 2 is 2.03 bits per heavy atom. The molecule has 2 saturated heterocycles. The molecule has 0 aromatic carbocycles. The molecule has 2 fully saturated rings. The number of pyridine rings is 1. The summed E-state index contributed by atoms with van der Waals surface area (Å²) in [6.45, 7) is 2.86. The third-order valence-corrected chi connectivity index (χ3v) is 5.98. The standard InChI is InChI=1S/C21H23ClN6O4/c22-20-17(12-25-26-21(20)30)31-13-16-3-2-15(32-16)9-19(29)28-7-5-27(6-8-28)18-4-1-14(10-23)11-24-18/h1,4,11-12,15-16H,2-3,5-9,13H2,(H,26,30)/t15-,16+/m1/s1. The van der Waals surface area contributed by atoms with Crippen molar-refractivity contribution in [3.05, 3.63) is 45.5 Å². The van der Waals surface area contributed by atoms with Gasteiger partial charge in [-0.1, -0.05) is 11.6 Å². The number of nitriles is 1. The zero-order valence-electron chi connectivity index (χ0n) is 17.4. The second kappa shape index (κ2) is 9.97. The van der Waals surface area contributed by atoms with Gasteiger partial charge in [0.1, 0.15) is 18.5 Å². The van der Waals surface area contributed by atoms with Crippen molar-refractivity contribution in [1.29, 1.82) is 5.26 Å². The van der Waals surface area contributed by atoms with Gasteiger partial charge in [0.05, 0.1) is 30.4 Å². The molecule has 0 bridgehead atoms. The van der Waals surface area contributed by atoms with Gasteiger partial charge in [-0.05, 0) is 25.0 Å². The maximum Gasteiger partial charge on any atom is 0.286 e. The van der Waals surface area contributed by atoms with Crippen molar-refractivity contribution in [2.75, 3.05) is 37.7 Å². The summed E-state index contributed by atoms with van der Waals surface area (Å²) < 4.78 is 11.5. The number of rotatable bonds is 6. The molecule has 1 amide bonds. The van der Waals surface area contributed by atoms with E-state index in [1.165, 1.54) is 6.20 Å². The van der Waals surface area contributed by atoms with E-state index in [4.69, 9.17) is 26.3 Å². The summed E-state index contributed by atoms with van der Waals surface area (Å²) in [6.07, 6.45) is 4.47. The topological polar surface area (TPSA) is 124 Å². The molecule has 2 atom stereocenters. The summed E-state index contributed by atoms with van der Waals surface area (Å²) in [6, 6.07) is 5.64. The number of aromatic nitrogens is 3. The fourth-order valence-corrected chi connectivity index (χ4v) is 4.00. The molecule has 10 nitrogen and oxygen atoms in total. The monoisotopic (exact) mass is 458 g/mol. The maximum absolute atomic E-state index is 12.7. The number of halogens is 1. The number of hydrogen-bond donors (Lipinski definition) is 1. The van der Waals surface area contributed by atoms with Gasteiger partial charge in [0.2, 0.25) is 5.91 Å². The Morgan fingerprint density at radius 3 is 2.75 bits per heavy atom. The number of carbonyl (C=O) groups is 1. The van der Waals surface area contributed by atoms with Gasteiger partial charge >= 0.3 is 0 Å². The minimum atomic E-state index is -0.505. The summed E-state index contributed by atoms with van der Waals surface area (Å²) in [4.78, 5) is 32.5. The van der Waals surface area contributed by atoms with Gasteiger partial charge in [0, 0.05) is 32.4 Å². The van der Waals surface area contributed by atoms with Crippen molar-refractivity contribution in [2.45, 2.75) is 31.5 Å². The predicted molar refractivity (Wildman–Crippen MR) is 116 cm³/mol. The molecule has 4 heterocycles. The Labute approximate surface area is 189 Å². The first-order valence-electron chi connectivity index (χ1n) is 10.4. The summed E-state index contributed by atoms with van der Waals surface area (Å²) in [5.41, 5.74) is 0.0232. The van der Waals surface area contributed by atoms with Gasteiger partial charge in [-0.3, -0.25) is 9.59 Å². The van der Waals surface area contributed by atoms with E-state index in [0.29, 0.717) is 38.2 Å². The molecule has 0 radical (unpaired) electrons. The lowest BCUT2D eigenvalue weighted by atomic mass is 10.1. The number of ether oxygens (including phenoxy) is 2. The average molecular weight is 459 g/mol. The number of amides is 1. The normalized spacial score (nSPS) is 20.8. The summed E-state index contributed by atoms with van der Waals surface area (Å²) in [7, 11) is 0. The number of piperazine rings is 1. The number of carbonyl (C=O) groups excluding carboxylic acids is 1. The van der Waals surface area contributed by atoms with Crippen molar-refractivity contribution in [3.63, 3.8) is 0 Å². The number of nitrogens with zero attached hydrogens (tertiary/aromatic N) is 5. The Bertz CT molecular complexity index is 1050. The van der Waals surface area contributed by atoms with E-state index >= 15 is 0 Å². The summed E-state index contributed by atoms with van der Waals surface area (Å²) >= 11 is 5.91. The van der Waals surface area contributed by atoms with Crippen molar-refractivity contribution in [3.8, 4) is 11.8 Å². The van der Waals surface area contributed by atoms with Crippen LogP contribution in [0.4, 0.5) is 5.82 Å². The van der Waals surface area contributed by atoms with Crippen LogP contribution in [0.3, 0.4) is 0 Å². The summed E-state index contributed by atoms with van der Waals surface area (Å²) in [5, 5.41) is 14.8. The molecular formula is C21H23ClN6O4. The van der Waals surface area contributed by atoms with Gasteiger partial charge < -0.3 is 19.3 Å². The number of H-pyrrole nitrogens is 1. The Balaban J connectivity index is 1.20. The highest BCUT2D eigenvalue weighted by Crippen LogP contribution is 2.25. The molecular weight excluding hydrogens is 436 g/mol. The lowest BCUT2D eigenvalue weighted by molar-refractivity contribution is -0.134. The molecule has 2 aromatic heterocycles. The van der Waals surface area contributed by atoms with Crippen LogP contribution in [0.15, 0.2) is 29.3 Å². The minimum Gasteiger partial charge on any atom is -0.487 e. The molecule has 0 unspecified atom stereocenters. The van der Waals surface area contributed by atoms with Crippen LogP contribution in [0.25, 0.3) is 0 Å². The van der Waals surface area contributed by atoms with Crippen LogP contribution in [-0.2, 0) is 9.53 Å². The number of anilines is 1. The largest absolute Gasteiger partial charge is 0.487 e. The van der Waals surface area contributed by atoms with Crippen LogP contribution in [0.5, 0.6) is 5.75 Å². The molecule has 1 N–H and O–H groups in total. The fraction of sp³-hybridized carbons (Fsp3) is 0.476. The van der Waals surface area contributed by atoms with E-state index in [2.05, 4.69) is 26.2 Å². The molecule has 11 heteroatoms. The second-order valence-electron chi connectivity index (χ2n) is 7.73. The van der Waals surface area contributed by atoms with Crippen molar-refractivity contribution >= 4 is 23.3 Å². The van der Waals surface area contributed by atoms with Gasteiger partial charge in [-0.25, -0.2) is 10.1 Å². The van der Waals surface area contributed by atoms with E-state index < -0.39 is 5.56 Å². The summed E-state index contributed by atoms with van der Waals surface area (Å²) in [5.74, 6) is 1.10. The Kier molecular flexibility index (Phi) is 6.87. The Hall–Kier alpha value is -3.16. The first-order valence-corrected chi connectivity index (χ1v) is 10.8. The molecule has 2 aromatic rings. The first-order chi connectivity index (χ1) is 15.5. The van der Waals surface area contributed by atoms with Gasteiger partial charge in [0.25, 0.3) is 5.56 Å². The SMILES string of the molecule is N#Cc1ccc(N2CCN(C(=O)C[C@H]3CC[C@@H](COc4cn[nH]c(=O)c4Cl)O3)CC2)nc1. The molecule has 0 spiro atoms. The average Bonchev–Trinajstić information content (AvgIpc) is 3.27. The van der Waals surface area contributed by atoms with Crippen LogP contribution < -0.4 is 15.2 Å². The van der Waals surface area contributed by atoms with E-state index in [9.17, 15) is 9.59 Å². The highest BCUT2D eigenvalue weighted by Gasteiger charge is 2.30. The van der Waals surface area contributed by atoms with Gasteiger partial charge in [0.15, 0.2) is 10.8 Å². The zero-order chi connectivity index (χ0) is 22.5. The molecule has 2 aliphatic heterocycles. The minimum absolute atomic E-state index is 0.0416. The highest BCUT2D eigenvalue weighted by molar-refractivity contribution is 6.31. The van der Waals surface area contributed by atoms with E-state index in [0.717, 1.165) is 18.7 Å². The quantitative estimate of drug-likeness (QED) is 0.687. The van der Waals surface area contributed by atoms with Crippen molar-refractivity contribution in [2.24, 2.45) is 0 Å². The number of hydrogen-bond acceptors (Lipinski definition) is 8. The van der Waals surface area contributed by atoms with E-state index in [-0.39, 0.29) is 35.5 Å². The van der Waals surface area contributed by atoms with Crippen molar-refractivity contribution in [1.82, 2.24) is 20.1 Å². The Morgan fingerprint density at radius 1 is 1.25 bits per heavy atom. The molecule has 2 aliphatic rings. The number of aromatic amines is 1. The lowest BCUT2D eigenvalue weighted by Gasteiger charge is -2.35. The van der Waals surface area contributed by atoms with Crippen LogP contribution in [0.1, 0.15) is 24.8 Å². The fourth-order valence-electron chi connectivity index (χ4n) is 3.85. The predicted octanol–water partition coefficient (Wildman–Crippen LogP) is 1.36. The van der Waals surface area contributed by atoms with Crippen LogP contribution >= 0.6 is 11.6 Å². The smallest absolute Gasteiger partial charge is 0.286 e. The molecule has 168 valence electrons. The van der Waals surface area contributed by atoms with Gasteiger partial charge in [-0.2, -0.15) is 10.4 Å². The molecule has 0 saturated carbocycles. The van der Waals surface area contributed by atoms with Crippen LogP contribution in [-0.4, -0.2) is 71.0 Å². The third kappa shape index (κ3) is 5.18. The molecule has 4 rings (SSSR count). The highest BCUT2D eigenvalue weighted by atomic mass is 35.5. The second-order valence-corrected chi connectivity index (χ2v) is 8.11. The first kappa shape index (κ1) is 22.0. The molecule has 0 aliphatic carbocycles. The van der Waals surface area contributed by atoms with Crippen LogP contribution in [0, 0.1) is 11.3 Å². The van der Waals surface area contributed by atoms with Gasteiger partial charge in [-0.15, -0.1) is 0 Å². The van der Waals surface area contributed by atoms with Crippen molar-refractivity contribution < 1.29 is 14.3 Å². The number of nitrogens with one attached hydrogen (secondary N) is 1. The zero-order valence-corrected chi connectivity index (χ0v) is 18.1. The van der Waals surface area contributed by atoms with E-state index in [1.807, 2.05) is 11.0 Å². The maximum atomic E-state index is 12.7. The van der Waals surface area contributed by atoms with Crippen LogP contribution in [0.2, 0.25) is 5.02 Å². The molecule has 32 heavy (non-hydrogen) atoms. The lowest BCUT2D eigenvalue weighted by Crippen LogP contribution is -2.49. The van der Waals surface area contributed by atoms with E-state index in [1.54, 1.807) is 12.3 Å².